The van der Waals surface area contributed by atoms with Gasteiger partial charge in [-0.05, 0) is 12.1 Å². The van der Waals surface area contributed by atoms with E-state index in [1.807, 2.05) is 0 Å². The van der Waals surface area contributed by atoms with Crippen LogP contribution in [0.3, 0.4) is 0 Å². The molecular weight excluding hydrogens is 229 g/mol. The molecule has 0 heterocycles. The van der Waals surface area contributed by atoms with Crippen molar-refractivity contribution in [2.75, 3.05) is 12.9 Å². The van der Waals surface area contributed by atoms with Crippen LogP contribution in [-0.4, -0.2) is 18.8 Å². The van der Waals surface area contributed by atoms with E-state index in [4.69, 9.17) is 5.26 Å². The monoisotopic (exact) mass is 239 g/mol. The van der Waals surface area contributed by atoms with E-state index >= 15 is 0 Å². The molecule has 0 atom stereocenters. The zero-order valence-corrected chi connectivity index (χ0v) is 9.51. The molecule has 1 aromatic carbocycles. The lowest BCUT2D eigenvalue weighted by molar-refractivity contribution is -0.140. The highest BCUT2D eigenvalue weighted by atomic mass is 32.2. The number of nitriles is 1. The SMILES string of the molecule is COC(=O)CCSc1cccc(F)c1C#N. The standard InChI is InChI=1S/C11H10FNO2S/c1-15-11(14)5-6-16-10-4-2-3-9(12)8(10)7-13/h2-4H,5-6H2,1H3. The molecule has 0 unspecified atom stereocenters. The minimum atomic E-state index is -0.537. The fourth-order valence-electron chi connectivity index (χ4n) is 1.08. The molecule has 1 aromatic rings. The molecule has 0 spiro atoms. The second kappa shape index (κ2) is 6.13. The predicted octanol–water partition coefficient (Wildman–Crippen LogP) is 2.35. The Hall–Kier alpha value is -1.54. The van der Waals surface area contributed by atoms with Gasteiger partial charge in [-0.25, -0.2) is 4.39 Å². The summed E-state index contributed by atoms with van der Waals surface area (Å²) < 4.78 is 17.7. The normalized spacial score (nSPS) is 9.56. The number of methoxy groups -OCH3 is 1. The van der Waals surface area contributed by atoms with E-state index in [0.717, 1.165) is 0 Å². The number of hydrogen-bond donors (Lipinski definition) is 0. The number of nitrogens with zero attached hydrogens (tertiary/aromatic N) is 1. The summed E-state index contributed by atoms with van der Waals surface area (Å²) in [6.07, 6.45) is 0.239. The Labute approximate surface area is 97.2 Å². The Kier molecular flexibility index (Phi) is 4.80. The third-order valence-corrected chi connectivity index (χ3v) is 2.94. The summed E-state index contributed by atoms with van der Waals surface area (Å²) in [6.45, 7) is 0. The average molecular weight is 239 g/mol. The van der Waals surface area contributed by atoms with Crippen LogP contribution in [0.4, 0.5) is 4.39 Å². The molecule has 0 aromatic heterocycles. The maximum atomic E-state index is 13.2. The first-order valence-electron chi connectivity index (χ1n) is 4.57. The van der Waals surface area contributed by atoms with Gasteiger partial charge >= 0.3 is 5.97 Å². The minimum Gasteiger partial charge on any atom is -0.469 e. The van der Waals surface area contributed by atoms with Crippen molar-refractivity contribution in [1.82, 2.24) is 0 Å². The van der Waals surface area contributed by atoms with Gasteiger partial charge in [0.05, 0.1) is 13.5 Å². The van der Waals surface area contributed by atoms with Crippen molar-refractivity contribution in [3.8, 4) is 6.07 Å². The number of carbonyl (C=O) groups is 1. The molecule has 0 radical (unpaired) electrons. The van der Waals surface area contributed by atoms with Crippen molar-refractivity contribution in [2.45, 2.75) is 11.3 Å². The number of rotatable bonds is 4. The first-order chi connectivity index (χ1) is 7.69. The highest BCUT2D eigenvalue weighted by Gasteiger charge is 2.08. The Morgan fingerprint density at radius 1 is 1.62 bits per heavy atom. The second-order valence-electron chi connectivity index (χ2n) is 2.90. The third kappa shape index (κ3) is 3.24. The molecule has 0 amide bonds. The molecule has 0 saturated heterocycles. The molecular formula is C11H10FNO2S. The van der Waals surface area contributed by atoms with Crippen molar-refractivity contribution >= 4 is 17.7 Å². The number of thioether (sulfide) groups is 1. The Bertz CT molecular complexity index is 428. The molecule has 5 heteroatoms. The van der Waals surface area contributed by atoms with E-state index in [1.165, 1.54) is 31.0 Å². The Morgan fingerprint density at radius 3 is 3.00 bits per heavy atom. The molecule has 0 aliphatic carbocycles. The van der Waals surface area contributed by atoms with Crippen molar-refractivity contribution in [3.63, 3.8) is 0 Å². The lowest BCUT2D eigenvalue weighted by Gasteiger charge is -2.03. The van der Waals surface area contributed by atoms with Crippen LogP contribution in [0.15, 0.2) is 23.1 Å². The summed E-state index contributed by atoms with van der Waals surface area (Å²) in [5.41, 5.74) is 0.0253. The van der Waals surface area contributed by atoms with Crippen molar-refractivity contribution < 1.29 is 13.9 Å². The van der Waals surface area contributed by atoms with Crippen molar-refractivity contribution in [2.24, 2.45) is 0 Å². The lowest BCUT2D eigenvalue weighted by atomic mass is 10.2. The maximum absolute atomic E-state index is 13.2. The first kappa shape index (κ1) is 12.5. The van der Waals surface area contributed by atoms with E-state index in [-0.39, 0.29) is 18.0 Å². The van der Waals surface area contributed by atoms with E-state index in [2.05, 4.69) is 4.74 Å². The number of ether oxygens (including phenoxy) is 1. The summed E-state index contributed by atoms with van der Waals surface area (Å²) >= 11 is 1.27. The number of hydrogen-bond acceptors (Lipinski definition) is 4. The van der Waals surface area contributed by atoms with Gasteiger partial charge in [0.15, 0.2) is 0 Å². The fourth-order valence-corrected chi connectivity index (χ4v) is 2.03. The van der Waals surface area contributed by atoms with Crippen LogP contribution < -0.4 is 0 Å². The summed E-state index contributed by atoms with van der Waals surface area (Å²) in [5.74, 6) is -0.391. The Morgan fingerprint density at radius 2 is 2.38 bits per heavy atom. The number of halogens is 1. The quantitative estimate of drug-likeness (QED) is 0.597. The van der Waals surface area contributed by atoms with Crippen LogP contribution >= 0.6 is 11.8 Å². The number of carbonyl (C=O) groups excluding carboxylic acids is 1. The van der Waals surface area contributed by atoms with E-state index < -0.39 is 5.82 Å². The van der Waals surface area contributed by atoms with Crippen molar-refractivity contribution in [1.29, 1.82) is 5.26 Å². The molecule has 84 valence electrons. The highest BCUT2D eigenvalue weighted by molar-refractivity contribution is 7.99. The molecule has 0 N–H and O–H groups in total. The molecule has 1 rings (SSSR count). The maximum Gasteiger partial charge on any atom is 0.306 e. The number of benzene rings is 1. The van der Waals surface area contributed by atoms with Crippen molar-refractivity contribution in [3.05, 3.63) is 29.6 Å². The second-order valence-corrected chi connectivity index (χ2v) is 4.04. The fraction of sp³-hybridized carbons (Fsp3) is 0.273. The van der Waals surface area contributed by atoms with Gasteiger partial charge in [-0.1, -0.05) is 6.07 Å². The van der Waals surface area contributed by atoms with Gasteiger partial charge in [-0.3, -0.25) is 4.79 Å². The van der Waals surface area contributed by atoms with Crippen LogP contribution in [0.1, 0.15) is 12.0 Å². The van der Waals surface area contributed by atoms with Crippen LogP contribution in [-0.2, 0) is 9.53 Å². The smallest absolute Gasteiger partial charge is 0.306 e. The topological polar surface area (TPSA) is 50.1 Å². The first-order valence-corrected chi connectivity index (χ1v) is 5.56. The van der Waals surface area contributed by atoms with Gasteiger partial charge in [-0.2, -0.15) is 5.26 Å². The average Bonchev–Trinajstić information content (AvgIpc) is 2.29. The largest absolute Gasteiger partial charge is 0.469 e. The molecule has 0 aliphatic heterocycles. The van der Waals surface area contributed by atoms with E-state index in [1.54, 1.807) is 12.1 Å². The van der Waals surface area contributed by atoms with Crippen LogP contribution in [0.5, 0.6) is 0 Å². The molecule has 0 bridgehead atoms. The molecule has 0 aliphatic rings. The predicted molar refractivity (Wildman–Crippen MR) is 58.5 cm³/mol. The van der Waals surface area contributed by atoms with Crippen LogP contribution in [0, 0.1) is 17.1 Å². The zero-order chi connectivity index (χ0) is 12.0. The number of esters is 1. The molecule has 0 saturated carbocycles. The highest BCUT2D eigenvalue weighted by Crippen LogP contribution is 2.24. The Balaban J connectivity index is 2.64. The van der Waals surface area contributed by atoms with Gasteiger partial charge in [0.1, 0.15) is 17.4 Å². The lowest BCUT2D eigenvalue weighted by Crippen LogP contribution is -2.01. The molecule has 3 nitrogen and oxygen atoms in total. The van der Waals surface area contributed by atoms with Crippen LogP contribution in [0.25, 0.3) is 0 Å². The van der Waals surface area contributed by atoms with Gasteiger partial charge in [0.25, 0.3) is 0 Å². The minimum absolute atomic E-state index is 0.0253. The van der Waals surface area contributed by atoms with Gasteiger partial charge in [0.2, 0.25) is 0 Å². The van der Waals surface area contributed by atoms with E-state index in [9.17, 15) is 9.18 Å². The molecule has 0 fully saturated rings. The van der Waals surface area contributed by atoms with Crippen LogP contribution in [0.2, 0.25) is 0 Å². The summed E-state index contributed by atoms with van der Waals surface area (Å²) in [5, 5.41) is 8.76. The van der Waals surface area contributed by atoms with Gasteiger partial charge in [0, 0.05) is 10.6 Å². The van der Waals surface area contributed by atoms with E-state index in [0.29, 0.717) is 10.6 Å². The van der Waals surface area contributed by atoms with Gasteiger partial charge < -0.3 is 4.74 Å². The summed E-state index contributed by atoms with van der Waals surface area (Å²) in [6, 6.07) is 6.24. The zero-order valence-electron chi connectivity index (χ0n) is 8.70. The third-order valence-electron chi connectivity index (χ3n) is 1.88. The molecule has 16 heavy (non-hydrogen) atoms. The summed E-state index contributed by atoms with van der Waals surface area (Å²) in [4.78, 5) is 11.4. The van der Waals surface area contributed by atoms with Gasteiger partial charge in [-0.15, -0.1) is 11.8 Å². The summed E-state index contributed by atoms with van der Waals surface area (Å²) in [7, 11) is 1.32.